The standard InChI is InChI=1S/C18H20N2/c1-3-17(15-11-7-5-8-12-15)19-20-18(4-2)16-13-9-6-10-14-16/h5-14H,3-4H2,1-2H3. The first-order valence-corrected chi connectivity index (χ1v) is 7.09. The van der Waals surface area contributed by atoms with Crippen molar-refractivity contribution in [2.24, 2.45) is 10.2 Å². The van der Waals surface area contributed by atoms with Crippen LogP contribution in [0.4, 0.5) is 0 Å². The Kier molecular flexibility index (Phi) is 5.24. The fourth-order valence-corrected chi connectivity index (χ4v) is 2.05. The molecule has 2 aromatic carbocycles. The third-order valence-electron chi connectivity index (χ3n) is 3.18. The fraction of sp³-hybridized carbons (Fsp3) is 0.222. The molecule has 0 radical (unpaired) electrons. The molecule has 0 aliphatic carbocycles. The van der Waals surface area contributed by atoms with Crippen LogP contribution in [0.15, 0.2) is 70.9 Å². The molecule has 102 valence electrons. The minimum absolute atomic E-state index is 0.874. The van der Waals surface area contributed by atoms with Gasteiger partial charge in [-0.05, 0) is 24.0 Å². The van der Waals surface area contributed by atoms with E-state index in [-0.39, 0.29) is 0 Å². The van der Waals surface area contributed by atoms with Crippen molar-refractivity contribution in [2.75, 3.05) is 0 Å². The second kappa shape index (κ2) is 7.39. The van der Waals surface area contributed by atoms with Crippen molar-refractivity contribution in [3.8, 4) is 0 Å². The first-order chi connectivity index (χ1) is 9.85. The summed E-state index contributed by atoms with van der Waals surface area (Å²) in [5.41, 5.74) is 4.32. The Hall–Kier alpha value is -2.22. The van der Waals surface area contributed by atoms with Gasteiger partial charge in [-0.3, -0.25) is 0 Å². The molecule has 2 nitrogen and oxygen atoms in total. The number of hydrogen-bond donors (Lipinski definition) is 0. The van der Waals surface area contributed by atoms with Crippen molar-refractivity contribution in [1.82, 2.24) is 0 Å². The third kappa shape index (κ3) is 3.64. The molecule has 0 unspecified atom stereocenters. The van der Waals surface area contributed by atoms with E-state index in [1.807, 2.05) is 36.4 Å². The lowest BCUT2D eigenvalue weighted by molar-refractivity contribution is 1.13. The normalized spacial score (nSPS) is 12.5. The van der Waals surface area contributed by atoms with Crippen molar-refractivity contribution in [3.05, 3.63) is 71.8 Å². The lowest BCUT2D eigenvalue weighted by atomic mass is 10.1. The SMILES string of the molecule is CCC(=NN=C(CC)c1ccccc1)c1ccccc1. The van der Waals surface area contributed by atoms with Crippen molar-refractivity contribution in [3.63, 3.8) is 0 Å². The molecule has 2 heteroatoms. The Bertz CT molecular complexity index is 528. The van der Waals surface area contributed by atoms with Crippen molar-refractivity contribution >= 4 is 11.4 Å². The predicted octanol–water partition coefficient (Wildman–Crippen LogP) is 4.70. The van der Waals surface area contributed by atoms with Crippen LogP contribution in [0.1, 0.15) is 37.8 Å². The van der Waals surface area contributed by atoms with Crippen LogP contribution in [0.2, 0.25) is 0 Å². The van der Waals surface area contributed by atoms with Gasteiger partial charge in [-0.15, -0.1) is 0 Å². The van der Waals surface area contributed by atoms with E-state index in [0.717, 1.165) is 35.4 Å². The Balaban J connectivity index is 2.30. The van der Waals surface area contributed by atoms with E-state index < -0.39 is 0 Å². The van der Waals surface area contributed by atoms with E-state index >= 15 is 0 Å². The summed E-state index contributed by atoms with van der Waals surface area (Å²) in [5.74, 6) is 0. The topological polar surface area (TPSA) is 24.7 Å². The minimum atomic E-state index is 0.874. The van der Waals surface area contributed by atoms with Gasteiger partial charge in [0.2, 0.25) is 0 Å². The highest BCUT2D eigenvalue weighted by Gasteiger charge is 2.02. The number of rotatable bonds is 5. The van der Waals surface area contributed by atoms with Gasteiger partial charge >= 0.3 is 0 Å². The van der Waals surface area contributed by atoms with E-state index in [1.54, 1.807) is 0 Å². The Morgan fingerprint density at radius 2 is 1.00 bits per heavy atom. The van der Waals surface area contributed by atoms with Crippen LogP contribution in [0.5, 0.6) is 0 Å². The van der Waals surface area contributed by atoms with Gasteiger partial charge in [0, 0.05) is 0 Å². The van der Waals surface area contributed by atoms with Gasteiger partial charge in [0.1, 0.15) is 0 Å². The largest absolute Gasteiger partial charge is 0.155 e. The van der Waals surface area contributed by atoms with Gasteiger partial charge in [-0.25, -0.2) is 0 Å². The zero-order chi connectivity index (χ0) is 14.2. The van der Waals surface area contributed by atoms with Gasteiger partial charge in [0.15, 0.2) is 0 Å². The van der Waals surface area contributed by atoms with Gasteiger partial charge in [0.25, 0.3) is 0 Å². The van der Waals surface area contributed by atoms with E-state index in [2.05, 4.69) is 48.3 Å². The van der Waals surface area contributed by atoms with Gasteiger partial charge < -0.3 is 0 Å². The molecule has 0 aliphatic heterocycles. The lowest BCUT2D eigenvalue weighted by Gasteiger charge is -2.04. The zero-order valence-corrected chi connectivity index (χ0v) is 12.1. The molecule has 0 saturated carbocycles. The molecule has 0 fully saturated rings. The maximum atomic E-state index is 4.46. The molecular weight excluding hydrogens is 244 g/mol. The van der Waals surface area contributed by atoms with Crippen LogP contribution in [-0.4, -0.2) is 11.4 Å². The zero-order valence-electron chi connectivity index (χ0n) is 12.1. The minimum Gasteiger partial charge on any atom is -0.155 e. The molecule has 0 bridgehead atoms. The Labute approximate surface area is 120 Å². The molecule has 0 amide bonds. The average Bonchev–Trinajstić information content (AvgIpc) is 2.53. The van der Waals surface area contributed by atoms with Crippen LogP contribution in [0.25, 0.3) is 0 Å². The number of hydrogen-bond acceptors (Lipinski definition) is 2. The summed E-state index contributed by atoms with van der Waals surface area (Å²) in [5, 5.41) is 8.93. The summed E-state index contributed by atoms with van der Waals surface area (Å²) in [6.07, 6.45) is 1.75. The van der Waals surface area contributed by atoms with Gasteiger partial charge in [-0.1, -0.05) is 74.5 Å². The monoisotopic (exact) mass is 264 g/mol. The highest BCUT2D eigenvalue weighted by molar-refractivity contribution is 6.03. The lowest BCUT2D eigenvalue weighted by Crippen LogP contribution is -2.01. The molecule has 20 heavy (non-hydrogen) atoms. The number of benzene rings is 2. The molecule has 0 atom stereocenters. The highest BCUT2D eigenvalue weighted by Crippen LogP contribution is 2.08. The quantitative estimate of drug-likeness (QED) is 0.552. The Morgan fingerprint density at radius 1 is 0.650 bits per heavy atom. The van der Waals surface area contributed by atoms with Gasteiger partial charge in [-0.2, -0.15) is 10.2 Å². The summed E-state index contributed by atoms with van der Waals surface area (Å²) in [6.45, 7) is 4.21. The summed E-state index contributed by atoms with van der Waals surface area (Å²) in [7, 11) is 0. The summed E-state index contributed by atoms with van der Waals surface area (Å²) < 4.78 is 0. The molecule has 0 aromatic heterocycles. The van der Waals surface area contributed by atoms with E-state index in [1.165, 1.54) is 0 Å². The molecule has 0 N–H and O–H groups in total. The highest BCUT2D eigenvalue weighted by atomic mass is 15.2. The van der Waals surface area contributed by atoms with Crippen LogP contribution in [0.3, 0.4) is 0 Å². The fourth-order valence-electron chi connectivity index (χ4n) is 2.05. The second-order valence-electron chi connectivity index (χ2n) is 4.53. The molecule has 0 spiro atoms. The number of nitrogens with zero attached hydrogens (tertiary/aromatic N) is 2. The Morgan fingerprint density at radius 3 is 1.30 bits per heavy atom. The van der Waals surface area contributed by atoms with Gasteiger partial charge in [0.05, 0.1) is 11.4 Å². The first kappa shape index (κ1) is 14.2. The maximum Gasteiger partial charge on any atom is 0.0700 e. The summed E-state index contributed by atoms with van der Waals surface area (Å²) >= 11 is 0. The summed E-state index contributed by atoms with van der Waals surface area (Å²) in [6, 6.07) is 20.5. The molecule has 0 heterocycles. The second-order valence-corrected chi connectivity index (χ2v) is 4.53. The van der Waals surface area contributed by atoms with Crippen LogP contribution >= 0.6 is 0 Å². The van der Waals surface area contributed by atoms with E-state index in [4.69, 9.17) is 0 Å². The van der Waals surface area contributed by atoms with Crippen LogP contribution in [0, 0.1) is 0 Å². The molecule has 2 rings (SSSR count). The summed E-state index contributed by atoms with van der Waals surface area (Å²) in [4.78, 5) is 0. The van der Waals surface area contributed by atoms with E-state index in [9.17, 15) is 0 Å². The predicted molar refractivity (Wildman–Crippen MR) is 86.5 cm³/mol. The third-order valence-corrected chi connectivity index (χ3v) is 3.18. The van der Waals surface area contributed by atoms with E-state index in [0.29, 0.717) is 0 Å². The molecule has 0 saturated heterocycles. The smallest absolute Gasteiger partial charge is 0.0700 e. The van der Waals surface area contributed by atoms with Crippen LogP contribution < -0.4 is 0 Å². The van der Waals surface area contributed by atoms with Crippen molar-refractivity contribution < 1.29 is 0 Å². The molecule has 0 aliphatic rings. The van der Waals surface area contributed by atoms with Crippen molar-refractivity contribution in [1.29, 1.82) is 0 Å². The molecule has 2 aromatic rings. The van der Waals surface area contributed by atoms with Crippen molar-refractivity contribution in [2.45, 2.75) is 26.7 Å². The average molecular weight is 264 g/mol. The molecular formula is C18H20N2. The first-order valence-electron chi connectivity index (χ1n) is 7.09. The van der Waals surface area contributed by atoms with Crippen LogP contribution in [-0.2, 0) is 0 Å². The maximum absolute atomic E-state index is 4.46.